The van der Waals surface area contributed by atoms with Crippen molar-refractivity contribution in [3.8, 4) is 0 Å². The molecule has 0 saturated heterocycles. The summed E-state index contributed by atoms with van der Waals surface area (Å²) >= 11 is 0. The van der Waals surface area contributed by atoms with Crippen LogP contribution in [0.25, 0.3) is 0 Å². The van der Waals surface area contributed by atoms with E-state index in [0.717, 1.165) is 0 Å². The van der Waals surface area contributed by atoms with Gasteiger partial charge in [0.2, 0.25) is 5.91 Å². The number of rotatable bonds is 4. The second kappa shape index (κ2) is 7.13. The number of nitrogens with two attached hydrogens (primary N) is 1. The number of halogens is 1. The molecule has 1 amide bonds. The summed E-state index contributed by atoms with van der Waals surface area (Å²) in [5.41, 5.74) is 5.31. The van der Waals surface area contributed by atoms with E-state index in [-0.39, 0.29) is 23.9 Å². The Labute approximate surface area is 105 Å². The Morgan fingerprint density at radius 2 is 1.88 bits per heavy atom. The van der Waals surface area contributed by atoms with Gasteiger partial charge in [0.05, 0.1) is 0 Å². The molecule has 0 unspecified atom stereocenters. The van der Waals surface area contributed by atoms with E-state index in [1.165, 1.54) is 32.1 Å². The molecular formula is C12H25ClN2O. The first kappa shape index (κ1) is 15.7. The highest BCUT2D eigenvalue weighted by Crippen LogP contribution is 2.26. The molecule has 0 atom stereocenters. The molecule has 1 rings (SSSR count). The first-order chi connectivity index (χ1) is 7.03. The number of hydrogen-bond donors (Lipinski definition) is 2. The van der Waals surface area contributed by atoms with Crippen LogP contribution in [0, 0.1) is 5.92 Å². The summed E-state index contributed by atoms with van der Waals surface area (Å²) in [5, 5.41) is 2.99. The number of carbonyl (C=O) groups excluding carboxylic acids is 1. The lowest BCUT2D eigenvalue weighted by Crippen LogP contribution is -2.49. The van der Waals surface area contributed by atoms with Crippen molar-refractivity contribution in [3.63, 3.8) is 0 Å². The molecule has 16 heavy (non-hydrogen) atoms. The molecule has 0 radical (unpaired) electrons. The maximum Gasteiger partial charge on any atom is 0.220 e. The predicted molar refractivity (Wildman–Crippen MR) is 69.7 cm³/mol. The van der Waals surface area contributed by atoms with E-state index >= 15 is 0 Å². The van der Waals surface area contributed by atoms with Crippen LogP contribution in [0.2, 0.25) is 0 Å². The van der Waals surface area contributed by atoms with Crippen molar-refractivity contribution in [1.29, 1.82) is 0 Å². The van der Waals surface area contributed by atoms with Crippen LogP contribution < -0.4 is 11.1 Å². The molecule has 1 aliphatic rings. The second-order valence-corrected chi connectivity index (χ2v) is 5.34. The summed E-state index contributed by atoms with van der Waals surface area (Å²) in [6.07, 6.45) is 7.04. The minimum absolute atomic E-state index is 0. The minimum Gasteiger partial charge on any atom is -0.350 e. The van der Waals surface area contributed by atoms with E-state index in [4.69, 9.17) is 5.73 Å². The van der Waals surface area contributed by atoms with Gasteiger partial charge in [-0.05, 0) is 32.6 Å². The van der Waals surface area contributed by atoms with Crippen LogP contribution in [-0.2, 0) is 4.79 Å². The third-order valence-corrected chi connectivity index (χ3v) is 3.19. The van der Waals surface area contributed by atoms with E-state index in [0.29, 0.717) is 18.9 Å². The van der Waals surface area contributed by atoms with Crippen molar-refractivity contribution in [1.82, 2.24) is 5.32 Å². The molecule has 0 aromatic carbocycles. The quantitative estimate of drug-likeness (QED) is 0.802. The highest BCUT2D eigenvalue weighted by Gasteiger charge is 2.21. The molecule has 0 aromatic heterocycles. The summed E-state index contributed by atoms with van der Waals surface area (Å²) in [5.74, 6) is 0.768. The molecule has 96 valence electrons. The molecule has 1 saturated carbocycles. The van der Waals surface area contributed by atoms with E-state index < -0.39 is 0 Å². The van der Waals surface area contributed by atoms with Crippen molar-refractivity contribution in [2.45, 2.75) is 57.9 Å². The Bertz CT molecular complexity index is 213. The molecular weight excluding hydrogens is 224 g/mol. The number of amides is 1. The van der Waals surface area contributed by atoms with Gasteiger partial charge in [-0.1, -0.05) is 19.3 Å². The monoisotopic (exact) mass is 248 g/mol. The van der Waals surface area contributed by atoms with Crippen LogP contribution in [0.5, 0.6) is 0 Å². The normalized spacial score (nSPS) is 17.7. The summed E-state index contributed by atoms with van der Waals surface area (Å²) < 4.78 is 0. The smallest absolute Gasteiger partial charge is 0.220 e. The van der Waals surface area contributed by atoms with Gasteiger partial charge in [-0.15, -0.1) is 12.4 Å². The van der Waals surface area contributed by atoms with Crippen molar-refractivity contribution in [2.75, 3.05) is 6.54 Å². The first-order valence-corrected chi connectivity index (χ1v) is 6.04. The van der Waals surface area contributed by atoms with Crippen molar-refractivity contribution >= 4 is 18.3 Å². The first-order valence-electron chi connectivity index (χ1n) is 6.04. The van der Waals surface area contributed by atoms with Gasteiger partial charge in [0.15, 0.2) is 0 Å². The Balaban J connectivity index is 0.00000225. The van der Waals surface area contributed by atoms with Crippen molar-refractivity contribution < 1.29 is 4.79 Å². The lowest BCUT2D eigenvalue weighted by molar-refractivity contribution is -0.123. The van der Waals surface area contributed by atoms with Gasteiger partial charge >= 0.3 is 0 Å². The fourth-order valence-electron chi connectivity index (χ4n) is 2.13. The number of carbonyl (C=O) groups is 1. The zero-order valence-electron chi connectivity index (χ0n) is 10.4. The fourth-order valence-corrected chi connectivity index (χ4v) is 2.13. The molecule has 3 N–H and O–H groups in total. The molecule has 0 aliphatic heterocycles. The van der Waals surface area contributed by atoms with Gasteiger partial charge in [0.25, 0.3) is 0 Å². The van der Waals surface area contributed by atoms with Gasteiger partial charge in [0.1, 0.15) is 0 Å². The number of hydrogen-bond acceptors (Lipinski definition) is 2. The molecule has 0 heterocycles. The van der Waals surface area contributed by atoms with Crippen LogP contribution in [0.1, 0.15) is 52.4 Å². The third-order valence-electron chi connectivity index (χ3n) is 3.19. The van der Waals surface area contributed by atoms with Gasteiger partial charge in [-0.3, -0.25) is 4.79 Å². The molecule has 0 spiro atoms. The molecule has 0 aromatic rings. The highest BCUT2D eigenvalue weighted by molar-refractivity contribution is 5.85. The van der Waals surface area contributed by atoms with E-state index in [9.17, 15) is 4.79 Å². The molecule has 0 bridgehead atoms. The average molecular weight is 249 g/mol. The van der Waals surface area contributed by atoms with Crippen LogP contribution in [0.4, 0.5) is 0 Å². The Hall–Kier alpha value is -0.280. The lowest BCUT2D eigenvalue weighted by Gasteiger charge is -2.27. The average Bonchev–Trinajstić information content (AvgIpc) is 2.18. The highest BCUT2D eigenvalue weighted by atomic mass is 35.5. The van der Waals surface area contributed by atoms with Crippen LogP contribution in [0.15, 0.2) is 0 Å². The fraction of sp³-hybridized carbons (Fsp3) is 0.917. The van der Waals surface area contributed by atoms with E-state index in [2.05, 4.69) is 5.32 Å². The predicted octanol–water partition coefficient (Wildman–Crippen LogP) is 2.23. The number of nitrogens with one attached hydrogen (secondary N) is 1. The van der Waals surface area contributed by atoms with Crippen molar-refractivity contribution in [3.05, 3.63) is 0 Å². The summed E-state index contributed by atoms with van der Waals surface area (Å²) in [6.45, 7) is 4.42. The Morgan fingerprint density at radius 1 is 1.31 bits per heavy atom. The molecule has 1 aliphatic carbocycles. The second-order valence-electron chi connectivity index (χ2n) is 5.34. The topological polar surface area (TPSA) is 55.1 Å². The molecule has 1 fully saturated rings. The summed E-state index contributed by atoms with van der Waals surface area (Å²) in [7, 11) is 0. The van der Waals surface area contributed by atoms with Gasteiger partial charge in [0, 0.05) is 18.5 Å². The standard InChI is InChI=1S/C12H24N2O.ClH/c1-12(2,9-13)14-11(15)8-10-6-4-3-5-7-10;/h10H,3-9,13H2,1-2H3,(H,14,15);1H. The van der Waals surface area contributed by atoms with E-state index in [1.807, 2.05) is 13.8 Å². The maximum absolute atomic E-state index is 11.7. The van der Waals surface area contributed by atoms with Crippen LogP contribution >= 0.6 is 12.4 Å². The largest absolute Gasteiger partial charge is 0.350 e. The maximum atomic E-state index is 11.7. The zero-order valence-corrected chi connectivity index (χ0v) is 11.2. The minimum atomic E-state index is -0.258. The SMILES string of the molecule is CC(C)(CN)NC(=O)CC1CCCCC1.Cl. The molecule has 4 heteroatoms. The Kier molecular flexibility index (Phi) is 7.00. The summed E-state index contributed by atoms with van der Waals surface area (Å²) in [4.78, 5) is 11.7. The lowest BCUT2D eigenvalue weighted by atomic mass is 9.86. The third kappa shape index (κ3) is 5.71. The van der Waals surface area contributed by atoms with Crippen LogP contribution in [0.3, 0.4) is 0 Å². The summed E-state index contributed by atoms with van der Waals surface area (Å²) in [6, 6.07) is 0. The van der Waals surface area contributed by atoms with Crippen LogP contribution in [-0.4, -0.2) is 18.0 Å². The van der Waals surface area contributed by atoms with E-state index in [1.54, 1.807) is 0 Å². The van der Waals surface area contributed by atoms with Gasteiger partial charge in [-0.2, -0.15) is 0 Å². The van der Waals surface area contributed by atoms with Crippen molar-refractivity contribution in [2.24, 2.45) is 11.7 Å². The van der Waals surface area contributed by atoms with Gasteiger partial charge < -0.3 is 11.1 Å². The molecule has 3 nitrogen and oxygen atoms in total. The Morgan fingerprint density at radius 3 is 2.38 bits per heavy atom. The van der Waals surface area contributed by atoms with Gasteiger partial charge in [-0.25, -0.2) is 0 Å². The zero-order chi connectivity index (χ0) is 11.3.